The fourth-order valence-corrected chi connectivity index (χ4v) is 3.73. The van der Waals surface area contributed by atoms with Crippen LogP contribution >= 0.6 is 0 Å². The minimum absolute atomic E-state index is 0.240. The lowest BCUT2D eigenvalue weighted by Crippen LogP contribution is -2.53. The highest BCUT2D eigenvalue weighted by Gasteiger charge is 2.35. The highest BCUT2D eigenvalue weighted by molar-refractivity contribution is 5.70. The van der Waals surface area contributed by atoms with Gasteiger partial charge in [0.2, 0.25) is 5.88 Å². The number of nitrogens with zero attached hydrogens (tertiary/aromatic N) is 3. The first-order valence-electron chi connectivity index (χ1n) is 8.82. The predicted molar refractivity (Wildman–Crippen MR) is 98.1 cm³/mol. The summed E-state index contributed by atoms with van der Waals surface area (Å²) in [4.78, 5) is 11.1. The van der Waals surface area contributed by atoms with Crippen LogP contribution in [-0.2, 0) is 11.3 Å². The van der Waals surface area contributed by atoms with Crippen molar-refractivity contribution in [3.63, 3.8) is 0 Å². The van der Waals surface area contributed by atoms with Gasteiger partial charge in [-0.05, 0) is 17.6 Å². The molecule has 26 heavy (non-hydrogen) atoms. The molecule has 2 atom stereocenters. The Morgan fingerprint density at radius 1 is 1.15 bits per heavy atom. The van der Waals surface area contributed by atoms with Crippen LogP contribution in [0, 0.1) is 0 Å². The van der Waals surface area contributed by atoms with E-state index in [0.717, 1.165) is 25.1 Å². The predicted octanol–water partition coefficient (Wildman–Crippen LogP) is 2.55. The summed E-state index contributed by atoms with van der Waals surface area (Å²) in [5.74, 6) is 0.554. The molecule has 0 radical (unpaired) electrons. The minimum Gasteiger partial charge on any atom is -0.480 e. The molecule has 6 heteroatoms. The molecule has 136 valence electrons. The molecule has 0 N–H and O–H groups in total. The van der Waals surface area contributed by atoms with Crippen LogP contribution in [0.2, 0.25) is 0 Å². The van der Waals surface area contributed by atoms with Crippen molar-refractivity contribution in [3.8, 4) is 11.9 Å². The summed E-state index contributed by atoms with van der Waals surface area (Å²) < 4.78 is 16.4. The summed E-state index contributed by atoms with van der Waals surface area (Å²) in [6.45, 7) is 2.37. The van der Waals surface area contributed by atoms with Gasteiger partial charge in [-0.3, -0.25) is 4.90 Å². The van der Waals surface area contributed by atoms with E-state index in [4.69, 9.17) is 14.2 Å². The minimum atomic E-state index is 0.240. The molecule has 2 bridgehead atoms. The zero-order valence-corrected chi connectivity index (χ0v) is 15.1. The Morgan fingerprint density at radius 3 is 2.73 bits per heavy atom. The summed E-state index contributed by atoms with van der Waals surface area (Å²) in [7, 11) is 3.18. The maximum Gasteiger partial charge on any atom is 0.319 e. The van der Waals surface area contributed by atoms with Crippen molar-refractivity contribution in [3.05, 3.63) is 53.7 Å². The number of hydrogen-bond acceptors (Lipinski definition) is 6. The average Bonchev–Trinajstić information content (AvgIpc) is 2.68. The van der Waals surface area contributed by atoms with Crippen LogP contribution in [0.1, 0.15) is 17.5 Å². The first-order chi connectivity index (χ1) is 12.8. The lowest BCUT2D eigenvalue weighted by molar-refractivity contribution is -0.0403. The number of morpholine rings is 1. The van der Waals surface area contributed by atoms with Crippen molar-refractivity contribution in [2.45, 2.75) is 25.0 Å². The molecule has 1 aromatic carbocycles. The number of ether oxygens (including phenoxy) is 3. The lowest BCUT2D eigenvalue weighted by Gasteiger charge is -2.44. The third-order valence-electron chi connectivity index (χ3n) is 5.00. The smallest absolute Gasteiger partial charge is 0.319 e. The van der Waals surface area contributed by atoms with Gasteiger partial charge in [0.25, 0.3) is 0 Å². The van der Waals surface area contributed by atoms with E-state index in [1.54, 1.807) is 20.4 Å². The Balaban J connectivity index is 1.62. The van der Waals surface area contributed by atoms with Crippen LogP contribution in [0.25, 0.3) is 5.57 Å². The maximum atomic E-state index is 5.81. The Kier molecular flexibility index (Phi) is 4.86. The summed E-state index contributed by atoms with van der Waals surface area (Å²) >= 11 is 0. The first-order valence-corrected chi connectivity index (χ1v) is 8.82. The molecule has 1 aromatic heterocycles. The molecule has 0 saturated carbocycles. The number of benzene rings is 1. The van der Waals surface area contributed by atoms with E-state index in [1.807, 2.05) is 0 Å². The number of fused-ring (bicyclic) bond motifs is 2. The van der Waals surface area contributed by atoms with E-state index in [2.05, 4.69) is 51.3 Å². The van der Waals surface area contributed by atoms with Gasteiger partial charge in [0.1, 0.15) is 0 Å². The van der Waals surface area contributed by atoms with Crippen molar-refractivity contribution < 1.29 is 14.2 Å². The SMILES string of the molecule is COc1ncc(C2=CC3COCC(C2)N3Cc2ccccc2)c(OC)n1. The molecular formula is C20H23N3O3. The van der Waals surface area contributed by atoms with E-state index in [1.165, 1.54) is 11.1 Å². The van der Waals surface area contributed by atoms with E-state index in [0.29, 0.717) is 24.5 Å². The number of rotatable bonds is 5. The van der Waals surface area contributed by atoms with Gasteiger partial charge >= 0.3 is 6.01 Å². The van der Waals surface area contributed by atoms with E-state index < -0.39 is 0 Å². The molecule has 0 aliphatic carbocycles. The molecule has 2 aromatic rings. The molecule has 2 unspecified atom stereocenters. The normalized spacial score (nSPS) is 22.6. The number of methoxy groups -OCH3 is 2. The highest BCUT2D eigenvalue weighted by Crippen LogP contribution is 2.36. The fourth-order valence-electron chi connectivity index (χ4n) is 3.73. The Hall–Kier alpha value is -2.44. The van der Waals surface area contributed by atoms with Crippen LogP contribution in [-0.4, -0.2) is 54.4 Å². The van der Waals surface area contributed by atoms with Crippen molar-refractivity contribution in [2.24, 2.45) is 0 Å². The monoisotopic (exact) mass is 353 g/mol. The van der Waals surface area contributed by atoms with Crippen molar-refractivity contribution in [1.82, 2.24) is 14.9 Å². The van der Waals surface area contributed by atoms with Gasteiger partial charge < -0.3 is 14.2 Å². The van der Waals surface area contributed by atoms with Crippen LogP contribution in [0.5, 0.6) is 11.9 Å². The molecule has 6 nitrogen and oxygen atoms in total. The second kappa shape index (κ2) is 7.43. The molecule has 0 amide bonds. The standard InChI is InChI=1S/C20H23N3O3/c1-24-19-18(10-21-20(22-19)25-2)15-8-16-12-26-13-17(9-15)23(16)11-14-6-4-3-5-7-14/h3-8,10,16-17H,9,11-13H2,1-2H3. The summed E-state index contributed by atoms with van der Waals surface area (Å²) in [6.07, 6.45) is 4.95. The van der Waals surface area contributed by atoms with Crippen LogP contribution in [0.4, 0.5) is 0 Å². The van der Waals surface area contributed by atoms with Crippen molar-refractivity contribution in [1.29, 1.82) is 0 Å². The molecule has 3 heterocycles. The Labute approximate surface area is 153 Å². The van der Waals surface area contributed by atoms with Crippen LogP contribution in [0.15, 0.2) is 42.6 Å². The largest absolute Gasteiger partial charge is 0.480 e. The van der Waals surface area contributed by atoms with E-state index in [-0.39, 0.29) is 6.04 Å². The second-order valence-corrected chi connectivity index (χ2v) is 6.59. The third kappa shape index (κ3) is 3.30. The average molecular weight is 353 g/mol. The van der Waals surface area contributed by atoms with Crippen molar-refractivity contribution >= 4 is 5.57 Å². The van der Waals surface area contributed by atoms with E-state index in [9.17, 15) is 0 Å². The number of aromatic nitrogens is 2. The Morgan fingerprint density at radius 2 is 2.00 bits per heavy atom. The number of hydrogen-bond donors (Lipinski definition) is 0. The second-order valence-electron chi connectivity index (χ2n) is 6.59. The van der Waals surface area contributed by atoms with Gasteiger partial charge in [-0.2, -0.15) is 4.98 Å². The zero-order valence-electron chi connectivity index (χ0n) is 15.1. The maximum absolute atomic E-state index is 5.81. The highest BCUT2D eigenvalue weighted by atomic mass is 16.5. The third-order valence-corrected chi connectivity index (χ3v) is 5.00. The van der Waals surface area contributed by atoms with Gasteiger partial charge in [-0.25, -0.2) is 4.98 Å². The topological polar surface area (TPSA) is 56.7 Å². The van der Waals surface area contributed by atoms with Gasteiger partial charge in [-0.15, -0.1) is 0 Å². The van der Waals surface area contributed by atoms with Crippen molar-refractivity contribution in [2.75, 3.05) is 27.4 Å². The molecule has 1 saturated heterocycles. The summed E-state index contributed by atoms with van der Waals surface area (Å²) in [5.41, 5.74) is 3.48. The Bertz CT molecular complexity index is 794. The van der Waals surface area contributed by atoms with Gasteiger partial charge in [-0.1, -0.05) is 36.4 Å². The molecule has 4 rings (SSSR count). The van der Waals surface area contributed by atoms with E-state index >= 15 is 0 Å². The summed E-state index contributed by atoms with van der Waals surface area (Å²) in [5, 5.41) is 0. The molecule has 1 fully saturated rings. The van der Waals surface area contributed by atoms with Gasteiger partial charge in [0.15, 0.2) is 0 Å². The van der Waals surface area contributed by atoms with Gasteiger partial charge in [0.05, 0.1) is 39.0 Å². The zero-order chi connectivity index (χ0) is 17.9. The first kappa shape index (κ1) is 17.0. The quantitative estimate of drug-likeness (QED) is 0.823. The van der Waals surface area contributed by atoms with Gasteiger partial charge in [0, 0.05) is 18.8 Å². The summed E-state index contributed by atoms with van der Waals surface area (Å²) in [6, 6.07) is 11.5. The lowest BCUT2D eigenvalue weighted by atomic mass is 9.90. The molecule has 2 aliphatic rings. The molecular weight excluding hydrogens is 330 g/mol. The molecule has 0 spiro atoms. The molecule has 2 aliphatic heterocycles. The fraction of sp³-hybridized carbons (Fsp3) is 0.400. The van der Waals surface area contributed by atoms with Crippen LogP contribution in [0.3, 0.4) is 0 Å². The van der Waals surface area contributed by atoms with Crippen LogP contribution < -0.4 is 9.47 Å².